The molecule has 0 amide bonds. The summed E-state index contributed by atoms with van der Waals surface area (Å²) < 4.78 is 37.3. The summed E-state index contributed by atoms with van der Waals surface area (Å²) in [4.78, 5) is 10.8. The maximum absolute atomic E-state index is 12.7. The highest BCUT2D eigenvalue weighted by Crippen LogP contribution is 2.32. The molecule has 2 saturated heterocycles. The molecule has 0 saturated carbocycles. The van der Waals surface area contributed by atoms with Gasteiger partial charge in [-0.3, -0.25) is 0 Å². The Hall–Kier alpha value is -1.38. The predicted molar refractivity (Wildman–Crippen MR) is 71.6 cm³/mol. The van der Waals surface area contributed by atoms with E-state index in [-0.39, 0.29) is 28.4 Å². The summed E-state index contributed by atoms with van der Waals surface area (Å²) in [6.07, 6.45) is 1.69. The first-order valence-corrected chi connectivity index (χ1v) is 8.29. The normalized spacial score (nSPS) is 26.7. The number of sulfonamides is 1. The molecular weight excluding hydrogens is 298 g/mol. The van der Waals surface area contributed by atoms with Crippen LogP contribution in [-0.4, -0.2) is 49.6 Å². The van der Waals surface area contributed by atoms with Gasteiger partial charge >= 0.3 is 5.97 Å². The zero-order valence-electron chi connectivity index (χ0n) is 11.6. The molecule has 1 aromatic rings. The molecule has 2 fully saturated rings. The number of hydrogen-bond acceptors (Lipinski definition) is 5. The number of aryl methyl sites for hydroxylation is 1. The number of nitrogens with zero attached hydrogens (tertiary/aromatic N) is 1. The van der Waals surface area contributed by atoms with Crippen LogP contribution in [0.15, 0.2) is 15.4 Å². The van der Waals surface area contributed by atoms with Crippen LogP contribution in [0.1, 0.15) is 29.2 Å². The Morgan fingerprint density at radius 1 is 1.43 bits per heavy atom. The van der Waals surface area contributed by atoms with Crippen LogP contribution < -0.4 is 0 Å². The lowest BCUT2D eigenvalue weighted by Crippen LogP contribution is -2.44. The highest BCUT2D eigenvalue weighted by Gasteiger charge is 2.39. The highest BCUT2D eigenvalue weighted by molar-refractivity contribution is 7.89. The van der Waals surface area contributed by atoms with Crippen LogP contribution >= 0.6 is 0 Å². The average Bonchev–Trinajstić information content (AvgIpc) is 3.03. The smallest absolute Gasteiger partial charge is 0.371 e. The van der Waals surface area contributed by atoms with Gasteiger partial charge in [-0.2, -0.15) is 4.31 Å². The molecule has 1 N–H and O–H groups in total. The first-order valence-electron chi connectivity index (χ1n) is 6.85. The molecule has 0 aromatic carbocycles. The van der Waals surface area contributed by atoms with Gasteiger partial charge in [0.05, 0.1) is 6.10 Å². The number of rotatable bonds is 3. The third-order valence-electron chi connectivity index (χ3n) is 4.15. The summed E-state index contributed by atoms with van der Waals surface area (Å²) in [6.45, 7) is 2.94. The van der Waals surface area contributed by atoms with E-state index in [2.05, 4.69) is 0 Å². The van der Waals surface area contributed by atoms with Crippen molar-refractivity contribution in [2.45, 2.75) is 30.8 Å². The first kappa shape index (κ1) is 14.6. The maximum atomic E-state index is 12.7. The highest BCUT2D eigenvalue weighted by atomic mass is 32.2. The number of aromatic carboxylic acids is 1. The summed E-state index contributed by atoms with van der Waals surface area (Å²) in [7, 11) is -3.72. The van der Waals surface area contributed by atoms with Gasteiger partial charge in [0.15, 0.2) is 0 Å². The van der Waals surface area contributed by atoms with Crippen molar-refractivity contribution < 1.29 is 27.5 Å². The Kier molecular flexibility index (Phi) is 3.54. The fraction of sp³-hybridized carbons (Fsp3) is 0.615. The molecule has 8 heteroatoms. The van der Waals surface area contributed by atoms with Gasteiger partial charge in [0.25, 0.3) is 0 Å². The van der Waals surface area contributed by atoms with Crippen LogP contribution in [0.3, 0.4) is 0 Å². The zero-order valence-corrected chi connectivity index (χ0v) is 12.4. The number of fused-ring (bicyclic) bond motifs is 1. The molecule has 2 atom stereocenters. The lowest BCUT2D eigenvalue weighted by molar-refractivity contribution is 0.0554. The van der Waals surface area contributed by atoms with E-state index >= 15 is 0 Å². The van der Waals surface area contributed by atoms with E-state index in [9.17, 15) is 13.2 Å². The van der Waals surface area contributed by atoms with E-state index in [1.54, 1.807) is 0 Å². The Morgan fingerprint density at radius 2 is 2.19 bits per heavy atom. The summed E-state index contributed by atoms with van der Waals surface area (Å²) >= 11 is 0. The molecule has 3 heterocycles. The molecule has 0 radical (unpaired) electrons. The van der Waals surface area contributed by atoms with Crippen LogP contribution in [0.25, 0.3) is 0 Å². The van der Waals surface area contributed by atoms with Gasteiger partial charge in [0.2, 0.25) is 15.8 Å². The van der Waals surface area contributed by atoms with E-state index in [0.717, 1.165) is 12.5 Å². The number of furan rings is 1. The van der Waals surface area contributed by atoms with Crippen LogP contribution in [0.5, 0.6) is 0 Å². The van der Waals surface area contributed by atoms with Gasteiger partial charge in [0, 0.05) is 31.7 Å². The number of hydrogen-bond donors (Lipinski definition) is 1. The molecule has 7 nitrogen and oxygen atoms in total. The van der Waals surface area contributed by atoms with Crippen molar-refractivity contribution in [3.8, 4) is 0 Å². The number of carboxylic acid groups (broad SMARTS) is 1. The maximum Gasteiger partial charge on any atom is 0.371 e. The summed E-state index contributed by atoms with van der Waals surface area (Å²) in [6, 6.07) is 1.09. The molecule has 0 spiro atoms. The van der Waals surface area contributed by atoms with Crippen molar-refractivity contribution in [1.29, 1.82) is 0 Å². The molecular formula is C13H17NO6S. The van der Waals surface area contributed by atoms with Crippen LogP contribution in [0.4, 0.5) is 0 Å². The number of carbonyl (C=O) groups is 1. The monoisotopic (exact) mass is 315 g/mol. The van der Waals surface area contributed by atoms with Crippen molar-refractivity contribution in [2.24, 2.45) is 5.92 Å². The Morgan fingerprint density at radius 3 is 2.86 bits per heavy atom. The van der Waals surface area contributed by atoms with E-state index < -0.39 is 16.0 Å². The van der Waals surface area contributed by atoms with Crippen LogP contribution in [0.2, 0.25) is 0 Å². The van der Waals surface area contributed by atoms with Gasteiger partial charge in [-0.25, -0.2) is 13.2 Å². The number of carboxylic acids is 1. The SMILES string of the molecule is Cc1oc(C(=O)O)cc1S(=O)(=O)N1CC[C@H]2OCC[C@H]2C1. The second-order valence-electron chi connectivity index (χ2n) is 5.45. The van der Waals surface area contributed by atoms with E-state index in [1.807, 2.05) is 0 Å². The molecule has 3 rings (SSSR count). The molecule has 0 bridgehead atoms. The van der Waals surface area contributed by atoms with Crippen LogP contribution in [0, 0.1) is 12.8 Å². The average molecular weight is 315 g/mol. The van der Waals surface area contributed by atoms with Crippen LogP contribution in [-0.2, 0) is 14.8 Å². The minimum Gasteiger partial charge on any atom is -0.475 e. The largest absolute Gasteiger partial charge is 0.475 e. The minimum absolute atomic E-state index is 0.0581. The predicted octanol–water partition coefficient (Wildman–Crippen LogP) is 1.09. The second kappa shape index (κ2) is 5.11. The first-order chi connectivity index (χ1) is 9.89. The summed E-state index contributed by atoms with van der Waals surface area (Å²) in [5.74, 6) is -1.30. The second-order valence-corrected chi connectivity index (χ2v) is 7.35. The van der Waals surface area contributed by atoms with Crippen molar-refractivity contribution in [1.82, 2.24) is 4.31 Å². The van der Waals surface area contributed by atoms with Gasteiger partial charge in [-0.15, -0.1) is 0 Å². The van der Waals surface area contributed by atoms with Gasteiger partial charge < -0.3 is 14.3 Å². The lowest BCUT2D eigenvalue weighted by Gasteiger charge is -2.33. The van der Waals surface area contributed by atoms with Gasteiger partial charge in [-0.1, -0.05) is 0 Å². The molecule has 2 aliphatic heterocycles. The molecule has 21 heavy (non-hydrogen) atoms. The number of piperidine rings is 1. The third-order valence-corrected chi connectivity index (χ3v) is 6.12. The molecule has 1 aromatic heterocycles. The fourth-order valence-electron chi connectivity index (χ4n) is 3.03. The Labute approximate surface area is 122 Å². The lowest BCUT2D eigenvalue weighted by atomic mass is 9.96. The Bertz CT molecular complexity index is 664. The summed E-state index contributed by atoms with van der Waals surface area (Å²) in [5, 5.41) is 8.90. The van der Waals surface area contributed by atoms with Gasteiger partial charge in [0.1, 0.15) is 10.7 Å². The molecule has 0 unspecified atom stereocenters. The summed E-state index contributed by atoms with van der Waals surface area (Å²) in [5.41, 5.74) is 0. The van der Waals surface area contributed by atoms with Crippen molar-refractivity contribution in [3.63, 3.8) is 0 Å². The van der Waals surface area contributed by atoms with Crippen molar-refractivity contribution in [3.05, 3.63) is 17.6 Å². The molecule has 116 valence electrons. The van der Waals surface area contributed by atoms with Crippen molar-refractivity contribution >= 4 is 16.0 Å². The standard InChI is InChI=1S/C13H17NO6S/c1-8-12(6-11(20-8)13(15)16)21(17,18)14-4-2-10-9(7-14)3-5-19-10/h6,9-10H,2-5,7H2,1H3,(H,15,16)/t9-,10+/m0/s1. The van der Waals surface area contributed by atoms with E-state index in [4.69, 9.17) is 14.3 Å². The van der Waals surface area contributed by atoms with Crippen molar-refractivity contribution in [2.75, 3.05) is 19.7 Å². The zero-order chi connectivity index (χ0) is 15.2. The van der Waals surface area contributed by atoms with Gasteiger partial charge in [-0.05, 0) is 19.8 Å². The van der Waals surface area contributed by atoms with E-state index in [1.165, 1.54) is 11.2 Å². The van der Waals surface area contributed by atoms with E-state index in [0.29, 0.717) is 26.1 Å². The fourth-order valence-corrected chi connectivity index (χ4v) is 4.70. The Balaban J connectivity index is 1.88. The quantitative estimate of drug-likeness (QED) is 0.896. The number of ether oxygens (including phenoxy) is 1. The minimum atomic E-state index is -3.72. The third kappa shape index (κ3) is 2.47. The molecule has 2 aliphatic rings. The topological polar surface area (TPSA) is 97.0 Å². The molecule has 0 aliphatic carbocycles.